The number of thiazole rings is 1. The van der Waals surface area contributed by atoms with Crippen molar-refractivity contribution in [3.63, 3.8) is 0 Å². The van der Waals surface area contributed by atoms with E-state index < -0.39 is 17.8 Å². The third-order valence-electron chi connectivity index (χ3n) is 4.54. The van der Waals surface area contributed by atoms with Crippen molar-refractivity contribution in [2.45, 2.75) is 19.5 Å². The van der Waals surface area contributed by atoms with Crippen LogP contribution in [0.5, 0.6) is 5.75 Å². The first kappa shape index (κ1) is 18.8. The number of carbonyl (C=O) groups is 1. The minimum absolute atomic E-state index is 0.351. The van der Waals surface area contributed by atoms with Gasteiger partial charge in [0.25, 0.3) is 0 Å². The van der Waals surface area contributed by atoms with Crippen LogP contribution in [0.15, 0.2) is 23.6 Å². The van der Waals surface area contributed by atoms with Crippen LogP contribution in [0.4, 0.5) is 4.39 Å². The van der Waals surface area contributed by atoms with E-state index >= 15 is 0 Å². The Labute approximate surface area is 155 Å². The first-order valence-corrected chi connectivity index (χ1v) is 9.29. The number of aliphatic carboxylic acids is 1. The lowest BCUT2D eigenvalue weighted by atomic mass is 10.0. The highest BCUT2D eigenvalue weighted by Gasteiger charge is 2.32. The maximum Gasteiger partial charge on any atom is 0.325 e. The van der Waals surface area contributed by atoms with Gasteiger partial charge in [-0.05, 0) is 25.1 Å². The number of ether oxygens (including phenoxy) is 1. The van der Waals surface area contributed by atoms with Crippen molar-refractivity contribution >= 4 is 17.3 Å². The average Bonchev–Trinajstić information content (AvgIpc) is 3.01. The predicted molar refractivity (Wildman–Crippen MR) is 97.0 cm³/mol. The number of carboxylic acid groups (broad SMARTS) is 1. The number of aromatic nitrogens is 1. The van der Waals surface area contributed by atoms with Crippen molar-refractivity contribution in [2.24, 2.45) is 0 Å². The highest BCUT2D eigenvalue weighted by atomic mass is 32.1. The Morgan fingerprint density at radius 2 is 2.12 bits per heavy atom. The molecule has 1 fully saturated rings. The topological polar surface area (TPSA) is 65.9 Å². The van der Waals surface area contributed by atoms with Gasteiger partial charge in [0.15, 0.2) is 0 Å². The number of nitrogens with zero attached hydrogens (tertiary/aromatic N) is 3. The summed E-state index contributed by atoms with van der Waals surface area (Å²) in [6, 6.07) is 3.07. The molecule has 6 nitrogen and oxygen atoms in total. The van der Waals surface area contributed by atoms with Gasteiger partial charge in [-0.15, -0.1) is 11.3 Å². The van der Waals surface area contributed by atoms with E-state index in [2.05, 4.69) is 15.3 Å². The van der Waals surface area contributed by atoms with Crippen LogP contribution in [0.3, 0.4) is 0 Å². The van der Waals surface area contributed by atoms with Crippen LogP contribution in [0.1, 0.15) is 22.3 Å². The van der Waals surface area contributed by atoms with Crippen molar-refractivity contribution in [1.82, 2.24) is 14.8 Å². The molecule has 0 saturated carbocycles. The van der Waals surface area contributed by atoms with Crippen molar-refractivity contribution < 1.29 is 19.0 Å². The van der Waals surface area contributed by atoms with E-state index in [-0.39, 0.29) is 0 Å². The molecule has 1 aliphatic rings. The fourth-order valence-corrected chi connectivity index (χ4v) is 3.90. The fraction of sp³-hybridized carbons (Fsp3) is 0.444. The van der Waals surface area contributed by atoms with Crippen molar-refractivity contribution in [1.29, 1.82) is 0 Å². The molecule has 3 rings (SSSR count). The summed E-state index contributed by atoms with van der Waals surface area (Å²) < 4.78 is 19.0. The van der Waals surface area contributed by atoms with Gasteiger partial charge < -0.3 is 9.84 Å². The average molecular weight is 379 g/mol. The van der Waals surface area contributed by atoms with Gasteiger partial charge in [0.05, 0.1) is 17.8 Å². The summed E-state index contributed by atoms with van der Waals surface area (Å²) in [5.41, 5.74) is 1.39. The van der Waals surface area contributed by atoms with E-state index in [9.17, 15) is 14.3 Å². The van der Waals surface area contributed by atoms with Crippen LogP contribution in [0, 0.1) is 12.7 Å². The van der Waals surface area contributed by atoms with Gasteiger partial charge in [0.1, 0.15) is 17.6 Å². The highest BCUT2D eigenvalue weighted by molar-refractivity contribution is 7.09. The third kappa shape index (κ3) is 4.20. The lowest BCUT2D eigenvalue weighted by Gasteiger charge is -2.37. The molecule has 0 radical (unpaired) electrons. The van der Waals surface area contributed by atoms with Gasteiger partial charge in [0.2, 0.25) is 0 Å². The highest BCUT2D eigenvalue weighted by Crippen LogP contribution is 2.31. The number of carboxylic acids is 1. The number of hydrogen-bond donors (Lipinski definition) is 1. The quantitative estimate of drug-likeness (QED) is 0.832. The number of methoxy groups -OCH3 is 1. The molecular weight excluding hydrogens is 357 g/mol. The van der Waals surface area contributed by atoms with E-state index in [0.29, 0.717) is 24.4 Å². The number of aryl methyl sites for hydroxylation is 1. The zero-order valence-corrected chi connectivity index (χ0v) is 15.6. The largest absolute Gasteiger partial charge is 0.496 e. The van der Waals surface area contributed by atoms with Gasteiger partial charge in [-0.2, -0.15) is 0 Å². The monoisotopic (exact) mass is 379 g/mol. The van der Waals surface area contributed by atoms with Crippen LogP contribution in [0.25, 0.3) is 0 Å². The van der Waals surface area contributed by atoms with Gasteiger partial charge in [-0.25, -0.2) is 9.37 Å². The standard InChI is InChI=1S/C18H22FN3O3S/c1-12-20-14(11-26-12)10-21-5-7-22(8-6-21)17(18(23)24)15-9-13(19)3-4-16(15)25-2/h3-4,9,11,17H,5-8,10H2,1-2H3,(H,23,24). The molecule has 1 unspecified atom stereocenters. The van der Waals surface area contributed by atoms with E-state index in [1.165, 1.54) is 25.3 Å². The summed E-state index contributed by atoms with van der Waals surface area (Å²) in [6.07, 6.45) is 0. The summed E-state index contributed by atoms with van der Waals surface area (Å²) in [7, 11) is 1.46. The Balaban J connectivity index is 1.71. The molecule has 2 aromatic rings. The van der Waals surface area contributed by atoms with Crippen molar-refractivity contribution in [3.05, 3.63) is 45.7 Å². The first-order valence-electron chi connectivity index (χ1n) is 8.41. The van der Waals surface area contributed by atoms with Gasteiger partial charge in [0, 0.05) is 43.7 Å². The van der Waals surface area contributed by atoms with Crippen molar-refractivity contribution in [2.75, 3.05) is 33.3 Å². The van der Waals surface area contributed by atoms with Crippen LogP contribution < -0.4 is 4.74 Å². The summed E-state index contributed by atoms with van der Waals surface area (Å²) in [6.45, 7) is 5.38. The molecule has 1 saturated heterocycles. The predicted octanol–water partition coefficient (Wildman–Crippen LogP) is 2.54. The normalized spacial score (nSPS) is 17.2. The van der Waals surface area contributed by atoms with Gasteiger partial charge in [-0.1, -0.05) is 0 Å². The molecule has 140 valence electrons. The number of piperazine rings is 1. The van der Waals surface area contributed by atoms with E-state index in [1.54, 1.807) is 11.3 Å². The number of rotatable bonds is 6. The number of benzene rings is 1. The number of hydrogen-bond acceptors (Lipinski definition) is 6. The molecule has 0 amide bonds. The third-order valence-corrected chi connectivity index (χ3v) is 5.37. The minimum Gasteiger partial charge on any atom is -0.496 e. The Bertz CT molecular complexity index is 775. The molecular formula is C18H22FN3O3S. The lowest BCUT2D eigenvalue weighted by molar-refractivity contribution is -0.144. The summed E-state index contributed by atoms with van der Waals surface area (Å²) in [4.78, 5) is 20.5. The van der Waals surface area contributed by atoms with Gasteiger partial charge >= 0.3 is 5.97 Å². The van der Waals surface area contributed by atoms with Crippen LogP contribution in [-0.4, -0.2) is 59.1 Å². The maximum absolute atomic E-state index is 13.7. The second kappa shape index (κ2) is 8.11. The molecule has 0 bridgehead atoms. The first-order chi connectivity index (χ1) is 12.5. The molecule has 1 atom stereocenters. The minimum atomic E-state index is -1.00. The molecule has 1 aromatic heterocycles. The molecule has 0 spiro atoms. The molecule has 8 heteroatoms. The molecule has 0 aliphatic carbocycles. The second-order valence-electron chi connectivity index (χ2n) is 6.30. The smallest absolute Gasteiger partial charge is 0.325 e. The molecule has 1 aromatic carbocycles. The number of halogens is 1. The SMILES string of the molecule is COc1ccc(F)cc1C(C(=O)O)N1CCN(Cc2csc(C)n2)CC1. The molecule has 1 N–H and O–H groups in total. The Hall–Kier alpha value is -2.03. The zero-order valence-electron chi connectivity index (χ0n) is 14.8. The molecule has 1 aliphatic heterocycles. The van der Waals surface area contributed by atoms with E-state index in [4.69, 9.17) is 4.74 Å². The summed E-state index contributed by atoms with van der Waals surface area (Å²) >= 11 is 1.63. The zero-order chi connectivity index (χ0) is 18.7. The molecule has 26 heavy (non-hydrogen) atoms. The van der Waals surface area contributed by atoms with Crippen LogP contribution in [0.2, 0.25) is 0 Å². The Morgan fingerprint density at radius 3 is 2.69 bits per heavy atom. The fourth-order valence-electron chi connectivity index (χ4n) is 3.29. The van der Waals surface area contributed by atoms with Crippen molar-refractivity contribution in [3.8, 4) is 5.75 Å². The van der Waals surface area contributed by atoms with Crippen LogP contribution in [-0.2, 0) is 11.3 Å². The Morgan fingerprint density at radius 1 is 1.38 bits per heavy atom. The Kier molecular flexibility index (Phi) is 5.85. The second-order valence-corrected chi connectivity index (χ2v) is 7.36. The van der Waals surface area contributed by atoms with Crippen LogP contribution >= 0.6 is 11.3 Å². The summed E-state index contributed by atoms with van der Waals surface area (Å²) in [5, 5.41) is 12.9. The summed E-state index contributed by atoms with van der Waals surface area (Å²) in [5.74, 6) is -1.08. The molecule has 2 heterocycles. The van der Waals surface area contributed by atoms with Gasteiger partial charge in [-0.3, -0.25) is 14.6 Å². The van der Waals surface area contributed by atoms with E-state index in [1.807, 2.05) is 11.8 Å². The maximum atomic E-state index is 13.7. The van der Waals surface area contributed by atoms with E-state index in [0.717, 1.165) is 30.3 Å². The lowest BCUT2D eigenvalue weighted by Crippen LogP contribution is -2.49.